The third-order valence-electron chi connectivity index (χ3n) is 16.6. The van der Waals surface area contributed by atoms with E-state index in [1.54, 1.807) is 40.8 Å². The highest BCUT2D eigenvalue weighted by atomic mass is 19.1. The summed E-state index contributed by atoms with van der Waals surface area (Å²) in [7, 11) is 1.73. The Morgan fingerprint density at radius 1 is 0.901 bits per heavy atom. The first-order valence-corrected chi connectivity index (χ1v) is 24.7. The number of aromatic amines is 1. The summed E-state index contributed by atoms with van der Waals surface area (Å²) in [4.78, 5) is 48.6. The number of hydrogen-bond acceptors (Lipinski definition) is 9. The van der Waals surface area contributed by atoms with E-state index in [9.17, 15) is 4.79 Å². The fraction of sp³-hybridized carbons (Fsp3) is 0.434. The van der Waals surface area contributed by atoms with E-state index < -0.39 is 34.1 Å². The van der Waals surface area contributed by atoms with Gasteiger partial charge in [-0.1, -0.05) is 18.1 Å². The minimum atomic E-state index is -0.823. The second-order valence-electron chi connectivity index (χ2n) is 21.4. The van der Waals surface area contributed by atoms with Crippen molar-refractivity contribution < 1.29 is 27.6 Å². The van der Waals surface area contributed by atoms with Crippen LogP contribution in [-0.2, 0) is 27.4 Å². The molecule has 2 aromatic carbocycles. The fourth-order valence-electron chi connectivity index (χ4n) is 12.6. The molecule has 4 fully saturated rings. The minimum Gasteiger partial charge on any atom is -0.381 e. The highest BCUT2D eigenvalue weighted by molar-refractivity contribution is 6.00. The molecule has 1 N–H and O–H groups in total. The summed E-state index contributed by atoms with van der Waals surface area (Å²) in [6.07, 6.45) is 13.8. The van der Waals surface area contributed by atoms with Crippen molar-refractivity contribution >= 4 is 22.3 Å². The number of imidazole rings is 1. The van der Waals surface area contributed by atoms with Crippen LogP contribution in [0, 0.1) is 17.6 Å². The van der Waals surface area contributed by atoms with Crippen LogP contribution in [0.1, 0.15) is 135 Å². The van der Waals surface area contributed by atoms with Gasteiger partial charge in [-0.3, -0.25) is 28.1 Å². The number of fused-ring (bicyclic) bond motifs is 4. The summed E-state index contributed by atoms with van der Waals surface area (Å²) >= 11 is 0. The molecule has 0 bridgehead atoms. The van der Waals surface area contributed by atoms with Gasteiger partial charge in [0.2, 0.25) is 0 Å². The van der Waals surface area contributed by atoms with E-state index in [0.717, 1.165) is 48.0 Å². The van der Waals surface area contributed by atoms with Gasteiger partial charge >= 0.3 is 11.4 Å². The van der Waals surface area contributed by atoms with Crippen molar-refractivity contribution in [3.8, 4) is 17.2 Å². The molecule has 0 unspecified atom stereocenters. The third kappa shape index (κ3) is 6.65. The summed E-state index contributed by atoms with van der Waals surface area (Å²) in [6, 6.07) is 11.8. The number of nitrogens with one attached hydrogen (secondary N) is 1. The minimum absolute atomic E-state index is 0.00451. The third-order valence-corrected chi connectivity index (χ3v) is 16.6. The van der Waals surface area contributed by atoms with E-state index >= 15 is 18.4 Å². The molecular formula is C53H54F2N10O6. The van der Waals surface area contributed by atoms with Gasteiger partial charge in [0.25, 0.3) is 5.91 Å². The van der Waals surface area contributed by atoms with Crippen LogP contribution in [0.3, 0.4) is 0 Å². The Balaban J connectivity index is 1.01. The topological polar surface area (TPSA) is 165 Å². The number of pyridine rings is 1. The van der Waals surface area contributed by atoms with Crippen LogP contribution in [0.2, 0.25) is 0 Å². The van der Waals surface area contributed by atoms with Crippen LogP contribution < -0.4 is 11.4 Å². The molecule has 366 valence electrons. The first kappa shape index (κ1) is 44.1. The van der Waals surface area contributed by atoms with Gasteiger partial charge in [-0.25, -0.2) is 23.1 Å². The maximum Gasteiger partial charge on any atom is 0.438 e. The Bertz CT molecular complexity index is 3620. The molecule has 71 heavy (non-hydrogen) atoms. The molecule has 0 radical (unpaired) electrons. The lowest BCUT2D eigenvalue weighted by molar-refractivity contribution is -0.0593. The van der Waals surface area contributed by atoms with E-state index in [2.05, 4.69) is 58.7 Å². The lowest BCUT2D eigenvalue weighted by Crippen LogP contribution is -2.52. The van der Waals surface area contributed by atoms with Crippen LogP contribution in [-0.4, -0.2) is 86.0 Å². The van der Waals surface area contributed by atoms with E-state index in [0.29, 0.717) is 85.2 Å². The number of aromatic nitrogens is 9. The van der Waals surface area contributed by atoms with Gasteiger partial charge in [-0.2, -0.15) is 10.2 Å². The van der Waals surface area contributed by atoms with Crippen molar-refractivity contribution in [2.75, 3.05) is 26.4 Å². The number of aryl methyl sites for hydroxylation is 1. The van der Waals surface area contributed by atoms with Crippen molar-refractivity contribution in [1.82, 2.24) is 48.1 Å². The normalized spacial score (nSPS) is 23.8. The molecular weight excluding hydrogens is 911 g/mol. The Labute approximate surface area is 405 Å². The number of hydrogen-bond donors (Lipinski definition) is 1. The summed E-state index contributed by atoms with van der Waals surface area (Å²) in [6.45, 7) is 10.1. The van der Waals surface area contributed by atoms with Crippen molar-refractivity contribution in [3.05, 3.63) is 145 Å². The summed E-state index contributed by atoms with van der Waals surface area (Å²) in [5.41, 5.74) is 3.94. The van der Waals surface area contributed by atoms with E-state index in [1.165, 1.54) is 27.6 Å². The van der Waals surface area contributed by atoms with Crippen LogP contribution in [0.15, 0.2) is 87.6 Å². The highest BCUT2D eigenvalue weighted by Crippen LogP contribution is 2.60. The first-order valence-electron chi connectivity index (χ1n) is 24.7. The standard InChI is InChI=1S/C53H54F2N10O6/c1-29-23-53(29,48-57-49(67)71-59-48)43-37(27-61-26-33(8-11-40(43)61)32-14-19-70-51(3,4)24-32)47(66)64-28-52(15-20-69-21-16-52)45-42(30(64)2)46(65(58-45)34-9-10-38(54)35(22-34)31-6-7-31)63-18-17-62(50(63)68)41-13-12-39-36(44(41)55)25-56-60(39)5/h8-13,17-18,22,25-27,29-32H,6-7,14-16,19-21,23-24,28H2,1-5H3,(H,57,59,67)/t29-,30-,32-,53+/m0/s1. The van der Waals surface area contributed by atoms with Crippen LogP contribution in [0.25, 0.3) is 33.6 Å². The molecule has 2 aliphatic carbocycles. The van der Waals surface area contributed by atoms with Gasteiger partial charge in [0, 0.05) is 74.7 Å². The molecule has 2 saturated carbocycles. The second kappa shape index (κ2) is 15.5. The van der Waals surface area contributed by atoms with Gasteiger partial charge in [0.15, 0.2) is 11.6 Å². The second-order valence-corrected chi connectivity index (χ2v) is 21.4. The molecule has 9 heterocycles. The zero-order valence-corrected chi connectivity index (χ0v) is 40.2. The van der Waals surface area contributed by atoms with Crippen molar-refractivity contribution in [2.24, 2.45) is 13.0 Å². The smallest absolute Gasteiger partial charge is 0.381 e. The fourth-order valence-corrected chi connectivity index (χ4v) is 12.6. The number of carbonyl (C=O) groups excluding carboxylic acids is 1. The molecule has 13 rings (SSSR count). The Hall–Kier alpha value is -6.92. The Morgan fingerprint density at radius 2 is 1.68 bits per heavy atom. The first-order chi connectivity index (χ1) is 34.2. The maximum absolute atomic E-state index is 16.4. The quantitative estimate of drug-likeness (QED) is 0.159. The highest BCUT2D eigenvalue weighted by Gasteiger charge is 2.60. The summed E-state index contributed by atoms with van der Waals surface area (Å²) in [5, 5.41) is 14.2. The molecule has 8 aromatic rings. The summed E-state index contributed by atoms with van der Waals surface area (Å²) in [5.74, 6) is -0.739. The predicted molar refractivity (Wildman–Crippen MR) is 257 cm³/mol. The largest absolute Gasteiger partial charge is 0.438 e. The van der Waals surface area contributed by atoms with Gasteiger partial charge in [0.05, 0.1) is 62.3 Å². The number of amides is 1. The zero-order valence-electron chi connectivity index (χ0n) is 40.2. The number of halogens is 2. The van der Waals surface area contributed by atoms with Crippen molar-refractivity contribution in [1.29, 1.82) is 0 Å². The number of ether oxygens (including phenoxy) is 2. The van der Waals surface area contributed by atoms with Gasteiger partial charge in [-0.05, 0) is 131 Å². The van der Waals surface area contributed by atoms with Crippen molar-refractivity contribution in [3.63, 3.8) is 0 Å². The van der Waals surface area contributed by atoms with E-state index in [4.69, 9.17) is 19.1 Å². The molecule has 1 amide bonds. The number of H-pyrrole nitrogens is 1. The molecule has 2 saturated heterocycles. The SMILES string of the molecule is C[C@H]1c2c(nn(-c3ccc(F)c(C4CC4)c3)c2-n2ccn(-c3ccc4c(cnn4C)c3F)c2=O)C2(CCOCC2)CN1C(=O)c1cn2cc([C@H]3CCOC(C)(C)C3)ccc2c1[C@@]1(c2noc(=O)[nH]2)C[C@@H]1C. The number of carbonyl (C=O) groups is 1. The van der Waals surface area contributed by atoms with E-state index in [1.807, 2.05) is 24.1 Å². The lowest BCUT2D eigenvalue weighted by atomic mass is 9.71. The molecule has 3 aliphatic heterocycles. The number of benzene rings is 2. The predicted octanol–water partition coefficient (Wildman–Crippen LogP) is 8.05. The summed E-state index contributed by atoms with van der Waals surface area (Å²) < 4.78 is 57.2. The molecule has 6 aromatic heterocycles. The monoisotopic (exact) mass is 964 g/mol. The zero-order chi connectivity index (χ0) is 48.9. The van der Waals surface area contributed by atoms with Crippen molar-refractivity contribution in [2.45, 2.75) is 107 Å². The number of rotatable bonds is 8. The molecule has 4 atom stereocenters. The molecule has 18 heteroatoms. The van der Waals surface area contributed by atoms with E-state index in [-0.39, 0.29) is 46.2 Å². The maximum atomic E-state index is 16.4. The van der Waals surface area contributed by atoms with Gasteiger partial charge < -0.3 is 18.8 Å². The average molecular weight is 965 g/mol. The average Bonchev–Trinajstić information content (AvgIpc) is 3.91. The molecule has 1 spiro atoms. The van der Waals surface area contributed by atoms with Gasteiger partial charge in [-0.15, -0.1) is 0 Å². The molecule has 5 aliphatic rings. The molecule has 16 nitrogen and oxygen atoms in total. The Kier molecular flexibility index (Phi) is 9.64. The van der Waals surface area contributed by atoms with Gasteiger partial charge in [0.1, 0.15) is 11.6 Å². The van der Waals surface area contributed by atoms with Crippen LogP contribution in [0.4, 0.5) is 8.78 Å². The Morgan fingerprint density at radius 3 is 2.41 bits per heavy atom. The number of nitrogens with zero attached hydrogens (tertiary/aromatic N) is 9. The van der Waals surface area contributed by atoms with Crippen LogP contribution >= 0.6 is 0 Å². The van der Waals surface area contributed by atoms with Crippen LogP contribution in [0.5, 0.6) is 0 Å². The lowest BCUT2D eigenvalue weighted by Gasteiger charge is -2.47.